The van der Waals surface area contributed by atoms with Crippen LogP contribution in [0.1, 0.15) is 34.6 Å². The van der Waals surface area contributed by atoms with Crippen molar-refractivity contribution < 1.29 is 9.22 Å². The van der Waals surface area contributed by atoms with Crippen LogP contribution in [0.25, 0.3) is 0 Å². The molecule has 1 fully saturated rings. The molecule has 3 atom stereocenters. The summed E-state index contributed by atoms with van der Waals surface area (Å²) in [5.41, 5.74) is 3.85. The topological polar surface area (TPSA) is 38.3 Å². The Morgan fingerprint density at radius 1 is 1.47 bits per heavy atom. The van der Waals surface area contributed by atoms with Crippen molar-refractivity contribution in [3.63, 3.8) is 0 Å². The van der Waals surface area contributed by atoms with E-state index in [4.69, 9.17) is 4.43 Å². The number of nitrogens with one attached hydrogen (secondary N) is 1. The normalized spacial score (nSPS) is 25.1. The second-order valence-corrected chi connectivity index (χ2v) is 11.7. The zero-order chi connectivity index (χ0) is 15.0. The van der Waals surface area contributed by atoms with Crippen LogP contribution in [-0.2, 0) is 9.22 Å². The number of hydrogen-bond acceptors (Lipinski definition) is 2. The Morgan fingerprint density at radius 3 is 2.37 bits per heavy atom. The highest BCUT2D eigenvalue weighted by molar-refractivity contribution is 6.74. The van der Waals surface area contributed by atoms with Gasteiger partial charge in [-0.25, -0.2) is 0 Å². The van der Waals surface area contributed by atoms with E-state index in [1.807, 2.05) is 13.8 Å². The lowest BCUT2D eigenvalue weighted by Gasteiger charge is -2.45. The Hall–Kier alpha value is -0.833. The average molecular weight is 281 g/mol. The highest BCUT2D eigenvalue weighted by Crippen LogP contribution is 2.39. The van der Waals surface area contributed by atoms with Crippen molar-refractivity contribution in [3.05, 3.63) is 17.9 Å². The van der Waals surface area contributed by atoms with Crippen LogP contribution in [0.4, 0.5) is 0 Å². The van der Waals surface area contributed by atoms with E-state index in [0.717, 1.165) is 5.57 Å². The zero-order valence-corrected chi connectivity index (χ0v) is 14.3. The maximum atomic E-state index is 11.8. The van der Waals surface area contributed by atoms with E-state index in [1.165, 1.54) is 0 Å². The van der Waals surface area contributed by atoms with Gasteiger partial charge in [0.25, 0.3) is 0 Å². The fraction of sp³-hybridized carbons (Fsp3) is 0.733. The molecule has 0 saturated carbocycles. The number of rotatable bonds is 4. The van der Waals surface area contributed by atoms with Gasteiger partial charge >= 0.3 is 0 Å². The van der Waals surface area contributed by atoms with E-state index in [0.29, 0.717) is 0 Å². The van der Waals surface area contributed by atoms with Crippen molar-refractivity contribution >= 4 is 14.2 Å². The first-order valence-electron chi connectivity index (χ1n) is 6.86. The molecule has 1 amide bonds. The smallest absolute Gasteiger partial charge is 0.228 e. The molecule has 3 nitrogen and oxygen atoms in total. The molecular formula is C15H27NO2Si. The maximum Gasteiger partial charge on any atom is 0.228 e. The van der Waals surface area contributed by atoms with Crippen molar-refractivity contribution in [1.82, 2.24) is 5.32 Å². The molecule has 3 unspecified atom stereocenters. The minimum atomic E-state index is -1.84. The Kier molecular flexibility index (Phi) is 4.50. The van der Waals surface area contributed by atoms with Crippen LogP contribution < -0.4 is 5.32 Å². The number of hydrogen-bond donors (Lipinski definition) is 1. The van der Waals surface area contributed by atoms with Gasteiger partial charge in [0.1, 0.15) is 0 Å². The van der Waals surface area contributed by atoms with Crippen LogP contribution >= 0.6 is 0 Å². The highest BCUT2D eigenvalue weighted by Gasteiger charge is 2.47. The number of amides is 1. The van der Waals surface area contributed by atoms with Gasteiger partial charge in [-0.1, -0.05) is 27.4 Å². The number of carbonyl (C=O) groups excluding carboxylic acids is 1. The first kappa shape index (κ1) is 16.2. The van der Waals surface area contributed by atoms with Gasteiger partial charge in [-0.15, -0.1) is 5.73 Å². The van der Waals surface area contributed by atoms with Crippen LogP contribution in [0.2, 0.25) is 18.1 Å². The summed E-state index contributed by atoms with van der Waals surface area (Å²) in [5, 5.41) is 3.06. The van der Waals surface area contributed by atoms with E-state index >= 15 is 0 Å². The molecule has 0 spiro atoms. The molecule has 0 radical (unpaired) electrons. The lowest BCUT2D eigenvalue weighted by atomic mass is 9.82. The monoisotopic (exact) mass is 281 g/mol. The van der Waals surface area contributed by atoms with E-state index in [1.54, 1.807) is 0 Å². The van der Waals surface area contributed by atoms with Gasteiger partial charge in [-0.3, -0.25) is 4.79 Å². The average Bonchev–Trinajstić information content (AvgIpc) is 2.22. The largest absolute Gasteiger partial charge is 0.413 e. The van der Waals surface area contributed by atoms with Gasteiger partial charge in [0.2, 0.25) is 5.91 Å². The van der Waals surface area contributed by atoms with Gasteiger partial charge in [0, 0.05) is 0 Å². The SMILES string of the molecule is C=C=C(C)C1NC(=O)C1C(C)O[Si](C)(C)C(C)(C)C. The summed E-state index contributed by atoms with van der Waals surface area (Å²) < 4.78 is 6.32. The van der Waals surface area contributed by atoms with Gasteiger partial charge in [-0.05, 0) is 37.6 Å². The number of carbonyl (C=O) groups is 1. The third kappa shape index (κ3) is 3.19. The lowest BCUT2D eigenvalue weighted by Crippen LogP contribution is -2.64. The Balaban J connectivity index is 2.81. The van der Waals surface area contributed by atoms with E-state index in [9.17, 15) is 4.79 Å². The summed E-state index contributed by atoms with van der Waals surface area (Å²) in [6, 6.07) is 0.0322. The van der Waals surface area contributed by atoms with Crippen molar-refractivity contribution in [2.75, 3.05) is 0 Å². The first-order chi connectivity index (χ1) is 8.51. The minimum absolute atomic E-state index is 0.0322. The third-order valence-corrected chi connectivity index (χ3v) is 9.07. The maximum absolute atomic E-state index is 11.8. The Morgan fingerprint density at radius 2 is 2.00 bits per heavy atom. The van der Waals surface area contributed by atoms with E-state index in [-0.39, 0.29) is 29.0 Å². The molecule has 0 bridgehead atoms. The van der Waals surface area contributed by atoms with Crippen LogP contribution in [0, 0.1) is 5.92 Å². The Bertz CT molecular complexity index is 416. The van der Waals surface area contributed by atoms with Crippen LogP contribution in [0.3, 0.4) is 0 Å². The summed E-state index contributed by atoms with van der Waals surface area (Å²) in [5.74, 6) is -0.0332. The fourth-order valence-corrected chi connectivity index (χ4v) is 3.51. The summed E-state index contributed by atoms with van der Waals surface area (Å²) in [7, 11) is -1.84. The van der Waals surface area contributed by atoms with Crippen molar-refractivity contribution in [1.29, 1.82) is 0 Å². The van der Waals surface area contributed by atoms with Crippen molar-refractivity contribution in [3.8, 4) is 0 Å². The molecule has 1 aliphatic heterocycles. The molecule has 108 valence electrons. The molecule has 1 N–H and O–H groups in total. The molecule has 0 aliphatic carbocycles. The molecule has 1 rings (SSSR count). The summed E-state index contributed by atoms with van der Waals surface area (Å²) >= 11 is 0. The fourth-order valence-electron chi connectivity index (χ4n) is 2.08. The highest BCUT2D eigenvalue weighted by atomic mass is 28.4. The molecule has 1 saturated heterocycles. The molecule has 1 aliphatic rings. The molecule has 19 heavy (non-hydrogen) atoms. The second kappa shape index (κ2) is 5.27. The van der Waals surface area contributed by atoms with E-state index in [2.05, 4.69) is 51.5 Å². The molecule has 1 heterocycles. The van der Waals surface area contributed by atoms with Crippen LogP contribution in [-0.4, -0.2) is 26.4 Å². The molecule has 0 aromatic carbocycles. The number of β-lactam (4-membered cyclic amide) rings is 1. The summed E-state index contributed by atoms with van der Waals surface area (Å²) in [6.45, 7) is 18.7. The standard InChI is InChI=1S/C15H27NO2Si/c1-9-10(2)13-12(14(17)16-13)11(3)18-19(7,8)15(4,5)6/h11-13H,1H2,2-8H3,(H,16,17). The van der Waals surface area contributed by atoms with E-state index < -0.39 is 8.32 Å². The van der Waals surface area contributed by atoms with Crippen LogP contribution in [0.5, 0.6) is 0 Å². The predicted octanol–water partition coefficient (Wildman–Crippen LogP) is 3.24. The molecule has 4 heteroatoms. The zero-order valence-electron chi connectivity index (χ0n) is 13.3. The lowest BCUT2D eigenvalue weighted by molar-refractivity contribution is -0.138. The Labute approximate surface area is 118 Å². The van der Waals surface area contributed by atoms with Gasteiger partial charge in [0.15, 0.2) is 8.32 Å². The minimum Gasteiger partial charge on any atom is -0.413 e. The van der Waals surface area contributed by atoms with Gasteiger partial charge < -0.3 is 9.74 Å². The third-order valence-electron chi connectivity index (χ3n) is 4.50. The quantitative estimate of drug-likeness (QED) is 0.488. The summed E-state index contributed by atoms with van der Waals surface area (Å²) in [6.07, 6.45) is -0.0667. The van der Waals surface area contributed by atoms with Crippen molar-refractivity contribution in [2.45, 2.75) is 64.9 Å². The molecule has 0 aromatic heterocycles. The van der Waals surface area contributed by atoms with Crippen LogP contribution in [0.15, 0.2) is 17.9 Å². The van der Waals surface area contributed by atoms with Gasteiger partial charge in [-0.2, -0.15) is 0 Å². The molecular weight excluding hydrogens is 254 g/mol. The predicted molar refractivity (Wildman–Crippen MR) is 81.5 cm³/mol. The molecule has 0 aromatic rings. The van der Waals surface area contributed by atoms with Gasteiger partial charge in [0.05, 0.1) is 18.1 Å². The second-order valence-electron chi connectivity index (χ2n) is 6.96. The van der Waals surface area contributed by atoms with Crippen molar-refractivity contribution in [2.24, 2.45) is 5.92 Å². The first-order valence-corrected chi connectivity index (χ1v) is 9.77. The summed E-state index contributed by atoms with van der Waals surface area (Å²) in [4.78, 5) is 11.8.